The van der Waals surface area contributed by atoms with Gasteiger partial charge in [0.1, 0.15) is 25.3 Å². The number of aromatic nitrogens is 4. The number of ether oxygens (including phenoxy) is 1. The topological polar surface area (TPSA) is 69.9 Å². The van der Waals surface area contributed by atoms with Crippen molar-refractivity contribution in [3.05, 3.63) is 18.9 Å². The number of rotatable bonds is 7. The minimum absolute atomic E-state index is 0.0749. The van der Waals surface area contributed by atoms with Crippen molar-refractivity contribution in [1.29, 1.82) is 0 Å². The van der Waals surface area contributed by atoms with E-state index in [4.69, 9.17) is 4.74 Å². The highest BCUT2D eigenvalue weighted by atomic mass is 31.2. The highest BCUT2D eigenvalue weighted by Gasteiger charge is 2.46. The molecule has 0 radical (unpaired) electrons. The fourth-order valence-corrected chi connectivity index (χ4v) is 4.24. The van der Waals surface area contributed by atoms with Crippen LogP contribution in [-0.4, -0.2) is 57.2 Å². The number of halogens is 6. The number of imidazole rings is 1. The Kier molecular flexibility index (Phi) is 5.72. The number of alkyl halides is 6. The van der Waals surface area contributed by atoms with Crippen LogP contribution in [0.25, 0.3) is 11.2 Å². The molecule has 0 unspecified atom stereocenters. The fourth-order valence-electron chi connectivity index (χ4n) is 2.17. The molecule has 25 heavy (non-hydrogen) atoms. The Morgan fingerprint density at radius 3 is 2.32 bits per heavy atom. The lowest BCUT2D eigenvalue weighted by molar-refractivity contribution is -0.113. The van der Waals surface area contributed by atoms with Gasteiger partial charge in [0.2, 0.25) is 0 Å². The monoisotopic (exact) mass is 390 g/mol. The summed E-state index contributed by atoms with van der Waals surface area (Å²) in [6, 6.07) is 0. The molecule has 2 heterocycles. The molecule has 0 aliphatic heterocycles. The van der Waals surface area contributed by atoms with Gasteiger partial charge in [-0.2, -0.15) is 26.3 Å². The van der Waals surface area contributed by atoms with Gasteiger partial charge in [0.15, 0.2) is 5.65 Å². The van der Waals surface area contributed by atoms with Gasteiger partial charge in [0.25, 0.3) is 0 Å². The Hall–Kier alpha value is -1.68. The first-order chi connectivity index (χ1) is 11.5. The summed E-state index contributed by atoms with van der Waals surface area (Å²) in [6.07, 6.45) is -11.0. The predicted octanol–water partition coefficient (Wildman–Crippen LogP) is 3.29. The Morgan fingerprint density at radius 2 is 1.72 bits per heavy atom. The van der Waals surface area contributed by atoms with E-state index in [-0.39, 0.29) is 13.2 Å². The van der Waals surface area contributed by atoms with Gasteiger partial charge in [0.05, 0.1) is 31.5 Å². The van der Waals surface area contributed by atoms with Crippen molar-refractivity contribution in [2.75, 3.05) is 25.3 Å². The molecule has 0 spiro atoms. The summed E-state index contributed by atoms with van der Waals surface area (Å²) in [5, 5.41) is 0. The SMILES string of the molecule is O=P(COCCn1cnc2cncnc21)(CC(F)(F)F)CC(F)(F)F. The number of fused-ring (bicyclic) bond motifs is 1. The van der Waals surface area contributed by atoms with Gasteiger partial charge in [-0.1, -0.05) is 0 Å². The van der Waals surface area contributed by atoms with Crippen LogP contribution in [0.15, 0.2) is 18.9 Å². The Labute approximate surface area is 137 Å². The molecule has 0 atom stereocenters. The van der Waals surface area contributed by atoms with Crippen molar-refractivity contribution in [3.63, 3.8) is 0 Å². The quantitative estimate of drug-likeness (QED) is 0.412. The van der Waals surface area contributed by atoms with E-state index < -0.39 is 38.2 Å². The van der Waals surface area contributed by atoms with Crippen molar-refractivity contribution in [2.24, 2.45) is 0 Å². The summed E-state index contributed by atoms with van der Waals surface area (Å²) in [4.78, 5) is 11.7. The minimum Gasteiger partial charge on any atom is -0.372 e. The number of hydrogen-bond acceptors (Lipinski definition) is 5. The summed E-state index contributed by atoms with van der Waals surface area (Å²) >= 11 is 0. The largest absolute Gasteiger partial charge is 0.395 e. The van der Waals surface area contributed by atoms with Gasteiger partial charge in [0, 0.05) is 6.54 Å². The first kappa shape index (κ1) is 19.6. The molecule has 0 saturated heterocycles. The van der Waals surface area contributed by atoms with Crippen LogP contribution in [0.1, 0.15) is 0 Å². The maximum absolute atomic E-state index is 12.4. The molecule has 2 rings (SSSR count). The molecule has 2 aromatic heterocycles. The van der Waals surface area contributed by atoms with Crippen LogP contribution < -0.4 is 0 Å². The van der Waals surface area contributed by atoms with Gasteiger partial charge in [-0.3, -0.25) is 0 Å². The van der Waals surface area contributed by atoms with Gasteiger partial charge in [-0.05, 0) is 0 Å². The number of hydrogen-bond donors (Lipinski definition) is 0. The van der Waals surface area contributed by atoms with Crippen LogP contribution in [0, 0.1) is 0 Å². The molecule has 0 N–H and O–H groups in total. The van der Waals surface area contributed by atoms with E-state index in [0.29, 0.717) is 11.2 Å². The first-order valence-electron chi connectivity index (χ1n) is 6.87. The molecular weight excluding hydrogens is 377 g/mol. The molecule has 0 bridgehead atoms. The maximum Gasteiger partial charge on any atom is 0.395 e. The second kappa shape index (κ2) is 7.28. The lowest BCUT2D eigenvalue weighted by Crippen LogP contribution is -2.24. The minimum atomic E-state index is -4.97. The maximum atomic E-state index is 12.4. The Morgan fingerprint density at radius 1 is 1.08 bits per heavy atom. The zero-order valence-electron chi connectivity index (χ0n) is 12.6. The molecule has 0 aliphatic carbocycles. The van der Waals surface area contributed by atoms with E-state index >= 15 is 0 Å². The second-order valence-electron chi connectivity index (χ2n) is 5.31. The highest BCUT2D eigenvalue weighted by Crippen LogP contribution is 2.53. The average Bonchev–Trinajstić information content (AvgIpc) is 2.83. The van der Waals surface area contributed by atoms with E-state index in [1.165, 1.54) is 23.4 Å². The molecule has 2 aromatic rings. The molecule has 140 valence electrons. The third-order valence-electron chi connectivity index (χ3n) is 3.02. The van der Waals surface area contributed by atoms with Crippen LogP contribution >= 0.6 is 7.14 Å². The average molecular weight is 390 g/mol. The van der Waals surface area contributed by atoms with Gasteiger partial charge in [-0.15, -0.1) is 0 Å². The molecule has 13 heteroatoms. The summed E-state index contributed by atoms with van der Waals surface area (Å²) in [5.41, 5.74) is 0.912. The normalized spacial score (nSPS) is 13.5. The van der Waals surface area contributed by atoms with Crippen molar-refractivity contribution in [2.45, 2.75) is 18.9 Å². The number of nitrogens with zero attached hydrogens (tertiary/aromatic N) is 4. The van der Waals surface area contributed by atoms with E-state index in [1.807, 2.05) is 0 Å². The fraction of sp³-hybridized carbons (Fsp3) is 0.583. The molecule has 0 amide bonds. The van der Waals surface area contributed by atoms with E-state index in [0.717, 1.165) is 0 Å². The van der Waals surface area contributed by atoms with Crippen LogP contribution in [0.2, 0.25) is 0 Å². The van der Waals surface area contributed by atoms with Crippen molar-refractivity contribution in [1.82, 2.24) is 19.5 Å². The van der Waals surface area contributed by atoms with Gasteiger partial charge >= 0.3 is 12.4 Å². The molecule has 0 saturated carbocycles. The summed E-state index contributed by atoms with van der Waals surface area (Å²) < 4.78 is 92.8. The Balaban J connectivity index is 1.95. The van der Waals surface area contributed by atoms with E-state index in [2.05, 4.69) is 15.0 Å². The zero-order chi connectivity index (χ0) is 18.7. The standard InChI is InChI=1S/C12H13F6N4O2P/c13-11(14,15)4-25(23,5-12(16,17)18)8-24-2-1-22-7-21-9-3-19-6-20-10(9)22/h3,6-7H,1-2,4-5,8H2. The predicted molar refractivity (Wildman–Crippen MR) is 75.6 cm³/mol. The molecular formula is C12H13F6N4O2P. The summed E-state index contributed by atoms with van der Waals surface area (Å²) in [5.74, 6) is 0. The lowest BCUT2D eigenvalue weighted by atomic mass is 10.5. The molecule has 0 aromatic carbocycles. The van der Waals surface area contributed by atoms with Crippen molar-refractivity contribution >= 4 is 18.3 Å². The molecule has 0 fully saturated rings. The van der Waals surface area contributed by atoms with Crippen LogP contribution in [0.5, 0.6) is 0 Å². The van der Waals surface area contributed by atoms with E-state index in [9.17, 15) is 30.9 Å². The van der Waals surface area contributed by atoms with Crippen LogP contribution in [0.3, 0.4) is 0 Å². The molecule has 0 aliphatic rings. The second-order valence-corrected chi connectivity index (χ2v) is 8.32. The molecule has 6 nitrogen and oxygen atoms in total. The third-order valence-corrected chi connectivity index (χ3v) is 5.54. The van der Waals surface area contributed by atoms with Gasteiger partial charge < -0.3 is 13.9 Å². The van der Waals surface area contributed by atoms with Crippen molar-refractivity contribution < 1.29 is 35.6 Å². The zero-order valence-corrected chi connectivity index (χ0v) is 13.5. The summed E-state index contributed by atoms with van der Waals surface area (Å²) in [7, 11) is -4.64. The first-order valence-corrected chi connectivity index (χ1v) is 9.13. The van der Waals surface area contributed by atoms with E-state index in [1.54, 1.807) is 0 Å². The highest BCUT2D eigenvalue weighted by molar-refractivity contribution is 7.63. The summed E-state index contributed by atoms with van der Waals surface area (Å²) in [6.45, 7) is -0.166. The van der Waals surface area contributed by atoms with Gasteiger partial charge in [-0.25, -0.2) is 15.0 Å². The lowest BCUT2D eigenvalue weighted by Gasteiger charge is -2.21. The third kappa shape index (κ3) is 6.28. The smallest absolute Gasteiger partial charge is 0.372 e. The van der Waals surface area contributed by atoms with Crippen molar-refractivity contribution in [3.8, 4) is 0 Å². The Bertz CT molecular complexity index is 740. The van der Waals surface area contributed by atoms with Crippen LogP contribution in [0.4, 0.5) is 26.3 Å². The van der Waals surface area contributed by atoms with Crippen LogP contribution in [-0.2, 0) is 15.8 Å².